The van der Waals surface area contributed by atoms with Gasteiger partial charge in [-0.1, -0.05) is 0 Å². The number of amides is 1. The van der Waals surface area contributed by atoms with Crippen LogP contribution in [0, 0.1) is 5.92 Å². The normalized spacial score (nSPS) is 19.1. The second-order valence-corrected chi connectivity index (χ2v) is 6.85. The number of aromatic nitrogens is 1. The molecule has 24 heavy (non-hydrogen) atoms. The second-order valence-electron chi connectivity index (χ2n) is 5.99. The van der Waals surface area contributed by atoms with Gasteiger partial charge < -0.3 is 15.4 Å². The lowest BCUT2D eigenvalue weighted by atomic mass is 9.99. The molecule has 2 N–H and O–H groups in total. The van der Waals surface area contributed by atoms with Crippen molar-refractivity contribution in [3.63, 3.8) is 0 Å². The average Bonchev–Trinajstić information content (AvgIpc) is 3.23. The standard InChI is InChI=1S/C17H19N3O2S.ClH/c21-16(13-2-1-6-18-9-13)20-17-19-14(10-23-17)11-3-4-15-12(8-11)5-7-22-15;/h3-4,8,10,13,18H,1-2,5-7,9H2,(H,19,20,21);1H. The number of nitrogens with one attached hydrogen (secondary N) is 2. The fourth-order valence-corrected chi connectivity index (χ4v) is 3.82. The predicted octanol–water partition coefficient (Wildman–Crippen LogP) is 3.10. The molecule has 0 aliphatic carbocycles. The topological polar surface area (TPSA) is 63.2 Å². The van der Waals surface area contributed by atoms with Crippen LogP contribution in [0.4, 0.5) is 5.13 Å². The van der Waals surface area contributed by atoms with Crippen LogP contribution in [0.15, 0.2) is 23.6 Å². The lowest BCUT2D eigenvalue weighted by Crippen LogP contribution is -2.37. The van der Waals surface area contributed by atoms with Crippen LogP contribution in [-0.2, 0) is 11.2 Å². The van der Waals surface area contributed by atoms with E-state index in [0.717, 1.165) is 56.0 Å². The Morgan fingerprint density at radius 1 is 1.42 bits per heavy atom. The summed E-state index contributed by atoms with van der Waals surface area (Å²) in [5.74, 6) is 1.09. The first kappa shape index (κ1) is 17.2. The van der Waals surface area contributed by atoms with Gasteiger partial charge in [0.1, 0.15) is 5.75 Å². The maximum absolute atomic E-state index is 12.3. The van der Waals surface area contributed by atoms with Gasteiger partial charge >= 0.3 is 0 Å². The fourth-order valence-electron chi connectivity index (χ4n) is 3.09. The van der Waals surface area contributed by atoms with E-state index in [0.29, 0.717) is 5.13 Å². The molecule has 0 spiro atoms. The Bertz CT molecular complexity index is 728. The summed E-state index contributed by atoms with van der Waals surface area (Å²) in [6, 6.07) is 6.16. The molecule has 2 aliphatic heterocycles. The highest BCUT2D eigenvalue weighted by Crippen LogP contribution is 2.32. The van der Waals surface area contributed by atoms with Crippen molar-refractivity contribution in [3.05, 3.63) is 29.1 Å². The zero-order valence-corrected chi connectivity index (χ0v) is 14.8. The van der Waals surface area contributed by atoms with E-state index in [9.17, 15) is 4.79 Å². The van der Waals surface area contributed by atoms with Crippen molar-refractivity contribution in [2.24, 2.45) is 5.92 Å². The van der Waals surface area contributed by atoms with E-state index < -0.39 is 0 Å². The summed E-state index contributed by atoms with van der Waals surface area (Å²) in [4.78, 5) is 16.8. The number of ether oxygens (including phenoxy) is 1. The molecule has 1 amide bonds. The van der Waals surface area contributed by atoms with Crippen molar-refractivity contribution in [1.29, 1.82) is 0 Å². The fraction of sp³-hybridized carbons (Fsp3) is 0.412. The number of piperidine rings is 1. The Hall–Kier alpha value is -1.63. The number of hydrogen-bond donors (Lipinski definition) is 2. The Morgan fingerprint density at radius 2 is 2.33 bits per heavy atom. The molecule has 5 nitrogen and oxygen atoms in total. The summed E-state index contributed by atoms with van der Waals surface area (Å²) in [6.07, 6.45) is 2.95. The van der Waals surface area contributed by atoms with E-state index >= 15 is 0 Å². The molecule has 1 aromatic heterocycles. The van der Waals surface area contributed by atoms with Gasteiger partial charge in [-0.25, -0.2) is 4.98 Å². The summed E-state index contributed by atoms with van der Waals surface area (Å²) < 4.78 is 5.53. The summed E-state index contributed by atoms with van der Waals surface area (Å²) >= 11 is 1.48. The van der Waals surface area contributed by atoms with Gasteiger partial charge in [-0.15, -0.1) is 23.7 Å². The lowest BCUT2D eigenvalue weighted by molar-refractivity contribution is -0.120. The highest BCUT2D eigenvalue weighted by molar-refractivity contribution is 7.14. The molecule has 0 radical (unpaired) electrons. The molecule has 1 saturated heterocycles. The molecule has 0 bridgehead atoms. The van der Waals surface area contributed by atoms with Crippen LogP contribution in [0.5, 0.6) is 5.75 Å². The van der Waals surface area contributed by atoms with Crippen LogP contribution in [0.1, 0.15) is 18.4 Å². The smallest absolute Gasteiger partial charge is 0.230 e. The Kier molecular flexibility index (Phi) is 5.38. The minimum Gasteiger partial charge on any atom is -0.493 e. The highest BCUT2D eigenvalue weighted by atomic mass is 35.5. The highest BCUT2D eigenvalue weighted by Gasteiger charge is 2.22. The van der Waals surface area contributed by atoms with Gasteiger partial charge in [-0.3, -0.25) is 4.79 Å². The first-order chi connectivity index (χ1) is 11.3. The van der Waals surface area contributed by atoms with E-state index in [-0.39, 0.29) is 24.2 Å². The van der Waals surface area contributed by atoms with Gasteiger partial charge in [0.15, 0.2) is 5.13 Å². The first-order valence-electron chi connectivity index (χ1n) is 8.03. The van der Waals surface area contributed by atoms with E-state index in [1.54, 1.807) is 0 Å². The van der Waals surface area contributed by atoms with E-state index in [2.05, 4.69) is 21.7 Å². The minimum absolute atomic E-state index is 0. The number of hydrogen-bond acceptors (Lipinski definition) is 5. The van der Waals surface area contributed by atoms with Gasteiger partial charge in [0.25, 0.3) is 0 Å². The Balaban J connectivity index is 0.00000169. The van der Waals surface area contributed by atoms with E-state index in [1.165, 1.54) is 16.9 Å². The van der Waals surface area contributed by atoms with Crippen molar-refractivity contribution < 1.29 is 9.53 Å². The van der Waals surface area contributed by atoms with Crippen LogP contribution in [0.2, 0.25) is 0 Å². The molecular formula is C17H20ClN3O2S. The molecule has 2 aliphatic rings. The van der Waals surface area contributed by atoms with Crippen LogP contribution < -0.4 is 15.4 Å². The van der Waals surface area contributed by atoms with Gasteiger partial charge in [-0.05, 0) is 43.1 Å². The van der Waals surface area contributed by atoms with E-state index in [1.807, 2.05) is 17.5 Å². The van der Waals surface area contributed by atoms with Gasteiger partial charge in [0.05, 0.1) is 18.2 Å². The van der Waals surface area contributed by atoms with Gasteiger partial charge in [0, 0.05) is 23.9 Å². The number of carbonyl (C=O) groups excluding carboxylic acids is 1. The summed E-state index contributed by atoms with van der Waals surface area (Å²) in [5.41, 5.74) is 3.21. The molecule has 1 unspecified atom stereocenters. The number of benzene rings is 1. The SMILES string of the molecule is Cl.O=C(Nc1nc(-c2ccc3c(c2)CCO3)cs1)C1CCCNC1. The molecule has 4 rings (SSSR count). The van der Waals surface area contributed by atoms with Gasteiger partial charge in [0.2, 0.25) is 5.91 Å². The molecule has 128 valence electrons. The monoisotopic (exact) mass is 365 g/mol. The lowest BCUT2D eigenvalue weighted by Gasteiger charge is -2.21. The predicted molar refractivity (Wildman–Crippen MR) is 98.2 cm³/mol. The van der Waals surface area contributed by atoms with Crippen LogP contribution >= 0.6 is 23.7 Å². The number of thiazole rings is 1. The molecule has 3 heterocycles. The number of rotatable bonds is 3. The van der Waals surface area contributed by atoms with Crippen molar-refractivity contribution in [2.45, 2.75) is 19.3 Å². The second kappa shape index (κ2) is 7.51. The number of anilines is 1. The average molecular weight is 366 g/mol. The minimum atomic E-state index is 0. The maximum Gasteiger partial charge on any atom is 0.230 e. The molecule has 1 atom stereocenters. The quantitative estimate of drug-likeness (QED) is 0.877. The molecule has 2 aromatic rings. The molecular weight excluding hydrogens is 346 g/mol. The Morgan fingerprint density at radius 3 is 3.17 bits per heavy atom. The Labute approximate surface area is 151 Å². The van der Waals surface area contributed by atoms with Crippen molar-refractivity contribution in [2.75, 3.05) is 25.0 Å². The summed E-state index contributed by atoms with van der Waals surface area (Å²) in [5, 5.41) is 8.89. The van der Waals surface area contributed by atoms with Gasteiger partial charge in [-0.2, -0.15) is 0 Å². The first-order valence-corrected chi connectivity index (χ1v) is 8.91. The summed E-state index contributed by atoms with van der Waals surface area (Å²) in [7, 11) is 0. The third kappa shape index (κ3) is 3.55. The summed E-state index contributed by atoms with van der Waals surface area (Å²) in [6.45, 7) is 2.52. The molecule has 7 heteroatoms. The largest absolute Gasteiger partial charge is 0.493 e. The molecule has 0 saturated carbocycles. The van der Waals surface area contributed by atoms with Crippen LogP contribution in [-0.4, -0.2) is 30.6 Å². The van der Waals surface area contributed by atoms with Crippen molar-refractivity contribution in [3.8, 4) is 17.0 Å². The van der Waals surface area contributed by atoms with Crippen molar-refractivity contribution >= 4 is 34.8 Å². The zero-order valence-electron chi connectivity index (χ0n) is 13.2. The van der Waals surface area contributed by atoms with Crippen molar-refractivity contribution in [1.82, 2.24) is 10.3 Å². The van der Waals surface area contributed by atoms with Crippen LogP contribution in [0.25, 0.3) is 11.3 Å². The third-order valence-electron chi connectivity index (χ3n) is 4.39. The number of carbonyl (C=O) groups is 1. The maximum atomic E-state index is 12.3. The zero-order chi connectivity index (χ0) is 15.6. The number of nitrogens with zero attached hydrogens (tertiary/aromatic N) is 1. The number of fused-ring (bicyclic) bond motifs is 1. The van der Waals surface area contributed by atoms with E-state index in [4.69, 9.17) is 4.74 Å². The van der Waals surface area contributed by atoms with Crippen LogP contribution in [0.3, 0.4) is 0 Å². The number of halogens is 1. The molecule has 1 fully saturated rings. The molecule has 1 aromatic carbocycles. The third-order valence-corrected chi connectivity index (χ3v) is 5.14.